The van der Waals surface area contributed by atoms with E-state index in [1.807, 2.05) is 13.8 Å². The second kappa shape index (κ2) is 12.8. The number of rotatable bonds is 9. The lowest BCUT2D eigenvalue weighted by Gasteiger charge is -2.16. The Morgan fingerprint density at radius 3 is 2.28 bits per heavy atom. The zero-order valence-corrected chi connectivity index (χ0v) is 16.0. The van der Waals surface area contributed by atoms with Gasteiger partial charge in [-0.2, -0.15) is 13.2 Å². The number of halogens is 3. The molecular weight excluding hydrogens is 349 g/mol. The number of ether oxygens (including phenoxy) is 1. The van der Waals surface area contributed by atoms with Crippen molar-refractivity contribution in [1.82, 2.24) is 0 Å². The highest BCUT2D eigenvalue weighted by Gasteiger charge is 2.34. The van der Waals surface area contributed by atoms with Crippen LogP contribution in [0.3, 0.4) is 0 Å². The second-order valence-electron chi connectivity index (χ2n) is 5.31. The number of unbranched alkanes of at least 4 members (excludes halogenated alkanes) is 5. The summed E-state index contributed by atoms with van der Waals surface area (Å²) in [4.78, 5) is 0. The summed E-state index contributed by atoms with van der Waals surface area (Å²) in [5.74, 6) is -0.167. The first-order valence-corrected chi connectivity index (χ1v) is 9.16. The quantitative estimate of drug-likeness (QED) is 0.401. The molecule has 0 atom stereocenters. The van der Waals surface area contributed by atoms with E-state index in [4.69, 9.17) is 10.5 Å². The van der Waals surface area contributed by atoms with Crippen molar-refractivity contribution in [2.75, 3.05) is 11.9 Å². The molecule has 0 amide bonds. The highest BCUT2D eigenvalue weighted by atomic mass is 32.1. The fourth-order valence-electron chi connectivity index (χ4n) is 2.16. The molecule has 0 spiro atoms. The van der Waals surface area contributed by atoms with Crippen molar-refractivity contribution < 1.29 is 17.9 Å². The van der Waals surface area contributed by atoms with Crippen molar-refractivity contribution in [3.63, 3.8) is 0 Å². The molecule has 0 radical (unpaired) electrons. The Balaban J connectivity index is 0.00000277. The van der Waals surface area contributed by atoms with Gasteiger partial charge in [0.15, 0.2) is 5.11 Å². The van der Waals surface area contributed by atoms with E-state index in [1.165, 1.54) is 18.6 Å². The van der Waals surface area contributed by atoms with Crippen LogP contribution in [-0.4, -0.2) is 11.7 Å². The van der Waals surface area contributed by atoms with Gasteiger partial charge in [0, 0.05) is 5.69 Å². The first-order chi connectivity index (χ1) is 11.8. The molecule has 0 bridgehead atoms. The van der Waals surface area contributed by atoms with E-state index in [9.17, 15) is 13.2 Å². The van der Waals surface area contributed by atoms with Crippen LogP contribution in [0.5, 0.6) is 5.75 Å². The van der Waals surface area contributed by atoms with Crippen molar-refractivity contribution in [2.45, 2.75) is 65.5 Å². The second-order valence-corrected chi connectivity index (χ2v) is 5.75. The number of anilines is 1. The summed E-state index contributed by atoms with van der Waals surface area (Å²) in [7, 11) is 0. The van der Waals surface area contributed by atoms with Crippen LogP contribution in [0.15, 0.2) is 18.2 Å². The smallest absolute Gasteiger partial charge is 0.420 e. The third-order valence-corrected chi connectivity index (χ3v) is 3.41. The SMILES string of the molecule is CC.CCCCCCCCOc1ccc(NC(N)=S)cc1C(F)(F)F. The molecule has 144 valence electrons. The zero-order valence-electron chi connectivity index (χ0n) is 15.2. The van der Waals surface area contributed by atoms with Crippen LogP contribution in [0.2, 0.25) is 0 Å². The van der Waals surface area contributed by atoms with E-state index in [0.29, 0.717) is 0 Å². The van der Waals surface area contributed by atoms with Gasteiger partial charge in [-0.3, -0.25) is 0 Å². The van der Waals surface area contributed by atoms with Crippen LogP contribution in [-0.2, 0) is 6.18 Å². The molecule has 1 rings (SSSR count). The van der Waals surface area contributed by atoms with Gasteiger partial charge in [0.1, 0.15) is 5.75 Å². The largest absolute Gasteiger partial charge is 0.493 e. The number of alkyl halides is 3. The molecule has 1 aromatic rings. The predicted octanol–water partition coefficient (Wildman–Crippen LogP) is 6.13. The minimum Gasteiger partial charge on any atom is -0.493 e. The van der Waals surface area contributed by atoms with E-state index in [2.05, 4.69) is 24.5 Å². The molecule has 0 fully saturated rings. The Kier molecular flexibility index (Phi) is 12.0. The fourth-order valence-corrected chi connectivity index (χ4v) is 2.28. The molecule has 0 unspecified atom stereocenters. The molecule has 0 aromatic heterocycles. The number of thiocarbonyl (C=S) groups is 1. The maximum atomic E-state index is 13.1. The Hall–Kier alpha value is -1.50. The first-order valence-electron chi connectivity index (χ1n) is 8.75. The molecule has 0 aliphatic carbocycles. The average molecular weight is 379 g/mol. The van der Waals surface area contributed by atoms with Gasteiger partial charge in [0.25, 0.3) is 0 Å². The van der Waals surface area contributed by atoms with Crippen molar-refractivity contribution in [3.8, 4) is 5.75 Å². The number of hydrogen-bond donors (Lipinski definition) is 2. The van der Waals surface area contributed by atoms with Gasteiger partial charge in [-0.15, -0.1) is 0 Å². The molecular formula is C18H29F3N2OS. The maximum Gasteiger partial charge on any atom is 0.420 e. The molecule has 0 aliphatic heterocycles. The van der Waals surface area contributed by atoms with Gasteiger partial charge in [0.2, 0.25) is 0 Å². The summed E-state index contributed by atoms with van der Waals surface area (Å²) in [5, 5.41) is 2.41. The Labute approximate surface area is 154 Å². The molecule has 0 saturated carbocycles. The van der Waals surface area contributed by atoms with E-state index >= 15 is 0 Å². The van der Waals surface area contributed by atoms with Gasteiger partial charge in [-0.05, 0) is 36.8 Å². The molecule has 25 heavy (non-hydrogen) atoms. The zero-order chi connectivity index (χ0) is 19.3. The molecule has 3 N–H and O–H groups in total. The molecule has 0 heterocycles. The summed E-state index contributed by atoms with van der Waals surface area (Å²) in [5.41, 5.74) is 4.64. The van der Waals surface area contributed by atoms with E-state index < -0.39 is 11.7 Å². The Morgan fingerprint density at radius 1 is 1.12 bits per heavy atom. The van der Waals surface area contributed by atoms with Crippen molar-refractivity contribution in [3.05, 3.63) is 23.8 Å². The molecule has 0 aliphatic rings. The van der Waals surface area contributed by atoms with Crippen LogP contribution >= 0.6 is 12.2 Å². The number of nitrogens with one attached hydrogen (secondary N) is 1. The van der Waals surface area contributed by atoms with Gasteiger partial charge < -0.3 is 15.8 Å². The summed E-state index contributed by atoms with van der Waals surface area (Å²) in [6.07, 6.45) is 1.80. The lowest BCUT2D eigenvalue weighted by atomic mass is 10.1. The summed E-state index contributed by atoms with van der Waals surface area (Å²) in [6, 6.07) is 3.71. The highest BCUT2D eigenvalue weighted by molar-refractivity contribution is 7.80. The van der Waals surface area contributed by atoms with E-state index in [0.717, 1.165) is 38.2 Å². The molecule has 1 aromatic carbocycles. The standard InChI is InChI=1S/C16H23F3N2OS.C2H6/c1-2-3-4-5-6-7-10-22-14-9-8-12(21-15(20)23)11-13(14)16(17,18)19;1-2/h8-9,11H,2-7,10H2,1H3,(H3,20,21,23);1-2H3. The van der Waals surface area contributed by atoms with Crippen LogP contribution in [0.1, 0.15) is 64.9 Å². The maximum absolute atomic E-state index is 13.1. The average Bonchev–Trinajstić information content (AvgIpc) is 2.55. The van der Waals surface area contributed by atoms with Crippen molar-refractivity contribution >= 4 is 23.0 Å². The molecule has 7 heteroatoms. The van der Waals surface area contributed by atoms with E-state index in [1.54, 1.807) is 0 Å². The highest BCUT2D eigenvalue weighted by Crippen LogP contribution is 2.38. The van der Waals surface area contributed by atoms with E-state index in [-0.39, 0.29) is 23.2 Å². The topological polar surface area (TPSA) is 47.3 Å². The minimum absolute atomic E-state index is 0.0844. The molecule has 0 saturated heterocycles. The lowest BCUT2D eigenvalue weighted by Crippen LogP contribution is -2.19. The van der Waals surface area contributed by atoms with Crippen molar-refractivity contribution in [1.29, 1.82) is 0 Å². The van der Waals surface area contributed by atoms with Crippen LogP contribution in [0.25, 0.3) is 0 Å². The van der Waals surface area contributed by atoms with Crippen LogP contribution in [0, 0.1) is 0 Å². The predicted molar refractivity (Wildman–Crippen MR) is 102 cm³/mol. The van der Waals surface area contributed by atoms with Crippen LogP contribution in [0.4, 0.5) is 18.9 Å². The monoisotopic (exact) mass is 378 g/mol. The number of benzene rings is 1. The lowest BCUT2D eigenvalue weighted by molar-refractivity contribution is -0.138. The molecule has 3 nitrogen and oxygen atoms in total. The van der Waals surface area contributed by atoms with Gasteiger partial charge >= 0.3 is 6.18 Å². The van der Waals surface area contributed by atoms with Crippen molar-refractivity contribution in [2.24, 2.45) is 5.73 Å². The van der Waals surface area contributed by atoms with Crippen LogP contribution < -0.4 is 15.8 Å². The van der Waals surface area contributed by atoms with Gasteiger partial charge in [0.05, 0.1) is 12.2 Å². The Bertz CT molecular complexity index is 508. The van der Waals surface area contributed by atoms with Gasteiger partial charge in [-0.1, -0.05) is 52.9 Å². The normalized spacial score (nSPS) is 10.6. The fraction of sp³-hybridized carbons (Fsp3) is 0.611. The Morgan fingerprint density at radius 2 is 1.72 bits per heavy atom. The summed E-state index contributed by atoms with van der Waals surface area (Å²) < 4.78 is 44.6. The van der Waals surface area contributed by atoms with Gasteiger partial charge in [-0.25, -0.2) is 0 Å². The summed E-state index contributed by atoms with van der Waals surface area (Å²) in [6.45, 7) is 6.41. The minimum atomic E-state index is -4.50. The third-order valence-electron chi connectivity index (χ3n) is 3.31. The number of nitrogens with two attached hydrogens (primary N) is 1. The first kappa shape index (κ1) is 23.5. The number of hydrogen-bond acceptors (Lipinski definition) is 2. The summed E-state index contributed by atoms with van der Waals surface area (Å²) >= 11 is 4.63. The third kappa shape index (κ3) is 10.2.